The average molecular weight is 366 g/mol. The average Bonchev–Trinajstić information content (AvgIpc) is 3.03. The minimum absolute atomic E-state index is 0.0501. The summed E-state index contributed by atoms with van der Waals surface area (Å²) < 4.78 is 5.90. The van der Waals surface area contributed by atoms with Gasteiger partial charge in [0, 0.05) is 18.0 Å². The first-order chi connectivity index (χ1) is 12.1. The second kappa shape index (κ2) is 10.1. The summed E-state index contributed by atoms with van der Waals surface area (Å²) in [4.78, 5) is 14.6. The molecule has 1 rings (SSSR count). The topological polar surface area (TPSA) is 49.8 Å². The summed E-state index contributed by atoms with van der Waals surface area (Å²) in [5, 5.41) is 10.7. The molecule has 1 N–H and O–H groups in total. The van der Waals surface area contributed by atoms with Gasteiger partial charge in [0.25, 0.3) is 0 Å². The van der Waals surface area contributed by atoms with Crippen LogP contribution in [0, 0.1) is 17.8 Å². The minimum atomic E-state index is -0.461. The van der Waals surface area contributed by atoms with Crippen LogP contribution in [0.1, 0.15) is 74.7 Å². The quantitative estimate of drug-likeness (QED) is 0.576. The lowest BCUT2D eigenvalue weighted by Crippen LogP contribution is -2.42. The van der Waals surface area contributed by atoms with Gasteiger partial charge in [-0.3, -0.25) is 0 Å². The fourth-order valence-corrected chi connectivity index (χ4v) is 3.57. The number of ether oxygens (including phenoxy) is 1. The molecule has 0 saturated carbocycles. The van der Waals surface area contributed by atoms with E-state index in [0.29, 0.717) is 5.76 Å². The molecule has 0 fully saturated rings. The molecular formula is C22H39NO3. The molecule has 0 saturated heterocycles. The van der Waals surface area contributed by atoms with E-state index in [2.05, 4.69) is 19.9 Å². The molecule has 0 aromatic heterocycles. The maximum absolute atomic E-state index is 12.8. The number of hydrogen-bond acceptors (Lipinski definition) is 3. The third-order valence-electron chi connectivity index (χ3n) is 5.07. The summed E-state index contributed by atoms with van der Waals surface area (Å²) in [7, 11) is 0. The van der Waals surface area contributed by atoms with Crippen molar-refractivity contribution in [1.82, 2.24) is 4.90 Å². The molecule has 0 aromatic carbocycles. The lowest BCUT2D eigenvalue weighted by Gasteiger charge is -2.31. The van der Waals surface area contributed by atoms with E-state index in [9.17, 15) is 9.90 Å². The van der Waals surface area contributed by atoms with Gasteiger partial charge in [0.05, 0.1) is 6.10 Å². The SMILES string of the molecule is CC(C)C(O)C(/C=C(\OC(=O)N(C(C)C)C(C)C)C1=CCCC1)C(C)C. The van der Waals surface area contributed by atoms with Crippen molar-refractivity contribution in [3.05, 3.63) is 23.5 Å². The van der Waals surface area contributed by atoms with Crippen molar-refractivity contribution in [2.75, 3.05) is 0 Å². The third-order valence-corrected chi connectivity index (χ3v) is 5.07. The summed E-state index contributed by atoms with van der Waals surface area (Å²) in [6.45, 7) is 16.2. The number of aliphatic hydroxyl groups is 1. The highest BCUT2D eigenvalue weighted by Crippen LogP contribution is 2.31. The van der Waals surface area contributed by atoms with Crippen LogP contribution in [0.3, 0.4) is 0 Å². The smallest absolute Gasteiger partial charge is 0.410 e. The van der Waals surface area contributed by atoms with Crippen molar-refractivity contribution >= 4 is 6.09 Å². The maximum atomic E-state index is 12.8. The zero-order chi connectivity index (χ0) is 20.0. The Bertz CT molecular complexity index is 509. The summed E-state index contributed by atoms with van der Waals surface area (Å²) in [6, 6.07) is 0.145. The molecule has 0 radical (unpaired) electrons. The molecule has 1 amide bonds. The molecule has 2 unspecified atom stereocenters. The number of aliphatic hydroxyl groups excluding tert-OH is 1. The summed E-state index contributed by atoms with van der Waals surface area (Å²) in [5.41, 5.74) is 1.09. The Kier molecular flexibility index (Phi) is 8.88. The van der Waals surface area contributed by atoms with Gasteiger partial charge in [-0.15, -0.1) is 0 Å². The van der Waals surface area contributed by atoms with Gasteiger partial charge in [0.15, 0.2) is 0 Å². The van der Waals surface area contributed by atoms with Crippen LogP contribution in [-0.4, -0.2) is 34.3 Å². The Morgan fingerprint density at radius 1 is 1.08 bits per heavy atom. The Balaban J connectivity index is 3.17. The van der Waals surface area contributed by atoms with Crippen LogP contribution in [0.4, 0.5) is 4.79 Å². The highest BCUT2D eigenvalue weighted by Gasteiger charge is 2.28. The Morgan fingerprint density at radius 2 is 1.65 bits per heavy atom. The molecule has 1 aliphatic rings. The number of rotatable bonds is 8. The largest absolute Gasteiger partial charge is 0.415 e. The molecular weight excluding hydrogens is 326 g/mol. The van der Waals surface area contributed by atoms with E-state index in [1.54, 1.807) is 4.90 Å². The minimum Gasteiger partial charge on any atom is -0.410 e. The second-order valence-corrected chi connectivity index (χ2v) is 8.67. The second-order valence-electron chi connectivity index (χ2n) is 8.67. The maximum Gasteiger partial charge on any atom is 0.415 e. The Labute approximate surface area is 160 Å². The Morgan fingerprint density at radius 3 is 2.04 bits per heavy atom. The molecule has 0 spiro atoms. The van der Waals surface area contributed by atoms with E-state index in [1.165, 1.54) is 0 Å². The summed E-state index contributed by atoms with van der Waals surface area (Å²) >= 11 is 0. The van der Waals surface area contributed by atoms with Gasteiger partial charge in [-0.25, -0.2) is 4.79 Å². The predicted molar refractivity (Wildman–Crippen MR) is 108 cm³/mol. The van der Waals surface area contributed by atoms with Crippen LogP contribution in [0.2, 0.25) is 0 Å². The Hall–Kier alpha value is -1.29. The lowest BCUT2D eigenvalue weighted by molar-refractivity contribution is 0.0617. The molecule has 26 heavy (non-hydrogen) atoms. The fraction of sp³-hybridized carbons (Fsp3) is 0.773. The van der Waals surface area contributed by atoms with E-state index in [-0.39, 0.29) is 35.9 Å². The first kappa shape index (κ1) is 22.8. The lowest BCUT2D eigenvalue weighted by atomic mass is 9.84. The van der Waals surface area contributed by atoms with Gasteiger partial charge in [0.1, 0.15) is 5.76 Å². The first-order valence-corrected chi connectivity index (χ1v) is 10.2. The van der Waals surface area contributed by atoms with Gasteiger partial charge in [-0.05, 0) is 70.4 Å². The van der Waals surface area contributed by atoms with Crippen molar-refractivity contribution in [3.63, 3.8) is 0 Å². The number of carbonyl (C=O) groups excluding carboxylic acids is 1. The summed E-state index contributed by atoms with van der Waals surface area (Å²) in [5.74, 6) is 0.994. The van der Waals surface area contributed by atoms with E-state index in [1.807, 2.05) is 47.6 Å². The van der Waals surface area contributed by atoms with E-state index in [0.717, 1.165) is 24.8 Å². The zero-order valence-corrected chi connectivity index (χ0v) is 18.0. The van der Waals surface area contributed by atoms with Crippen LogP contribution in [-0.2, 0) is 4.74 Å². The van der Waals surface area contributed by atoms with Gasteiger partial charge >= 0.3 is 6.09 Å². The van der Waals surface area contributed by atoms with Crippen LogP contribution in [0.15, 0.2) is 23.5 Å². The van der Waals surface area contributed by atoms with Crippen molar-refractivity contribution in [2.45, 2.75) is 92.8 Å². The molecule has 4 nitrogen and oxygen atoms in total. The van der Waals surface area contributed by atoms with Crippen molar-refractivity contribution < 1.29 is 14.6 Å². The molecule has 0 bridgehead atoms. The molecule has 4 heteroatoms. The van der Waals surface area contributed by atoms with Gasteiger partial charge in [-0.2, -0.15) is 0 Å². The molecule has 150 valence electrons. The molecule has 0 heterocycles. The molecule has 1 aliphatic carbocycles. The summed E-state index contributed by atoms with van der Waals surface area (Å²) in [6.07, 6.45) is 6.40. The molecule has 2 atom stereocenters. The van der Waals surface area contributed by atoms with Crippen molar-refractivity contribution in [2.24, 2.45) is 17.8 Å². The van der Waals surface area contributed by atoms with Crippen LogP contribution in [0.5, 0.6) is 0 Å². The van der Waals surface area contributed by atoms with Gasteiger partial charge < -0.3 is 14.7 Å². The fourth-order valence-electron chi connectivity index (χ4n) is 3.57. The van der Waals surface area contributed by atoms with E-state index in [4.69, 9.17) is 4.74 Å². The standard InChI is InChI=1S/C22H39NO3/c1-14(2)19(21(24)15(3)4)13-20(18-11-9-10-12-18)26-22(25)23(16(5)6)17(7)8/h11,13-17,19,21,24H,9-10,12H2,1-8H3/b20-13-. The van der Waals surface area contributed by atoms with Crippen molar-refractivity contribution in [3.8, 4) is 0 Å². The number of allylic oxidation sites excluding steroid dienone is 2. The normalized spacial score (nSPS) is 17.9. The highest BCUT2D eigenvalue weighted by atomic mass is 16.6. The molecule has 0 aromatic rings. The first-order valence-electron chi connectivity index (χ1n) is 10.2. The van der Waals surface area contributed by atoms with Crippen LogP contribution in [0.25, 0.3) is 0 Å². The highest BCUT2D eigenvalue weighted by molar-refractivity contribution is 5.70. The van der Waals surface area contributed by atoms with E-state index < -0.39 is 6.10 Å². The molecule has 0 aliphatic heterocycles. The van der Waals surface area contributed by atoms with Crippen LogP contribution >= 0.6 is 0 Å². The van der Waals surface area contributed by atoms with Crippen molar-refractivity contribution in [1.29, 1.82) is 0 Å². The number of nitrogens with zero attached hydrogens (tertiary/aromatic N) is 1. The van der Waals surface area contributed by atoms with Gasteiger partial charge in [-0.1, -0.05) is 33.8 Å². The number of amides is 1. The van der Waals surface area contributed by atoms with Crippen LogP contribution < -0.4 is 0 Å². The number of carbonyl (C=O) groups is 1. The monoisotopic (exact) mass is 365 g/mol. The number of hydrogen-bond donors (Lipinski definition) is 1. The van der Waals surface area contributed by atoms with Gasteiger partial charge in [0.2, 0.25) is 0 Å². The third kappa shape index (κ3) is 6.15. The van der Waals surface area contributed by atoms with E-state index >= 15 is 0 Å². The predicted octanol–water partition coefficient (Wildman–Crippen LogP) is 5.53. The zero-order valence-electron chi connectivity index (χ0n) is 18.0.